The number of benzene rings is 2. The first-order chi connectivity index (χ1) is 8.94. The van der Waals surface area contributed by atoms with Gasteiger partial charge in [0.15, 0.2) is 7.14 Å². The predicted octanol–water partition coefficient (Wildman–Crippen LogP) is 3.86. The molecule has 1 aliphatic heterocycles. The minimum absolute atomic E-state index is 0.290. The minimum Gasteiger partial charge on any atom is -0.354 e. The van der Waals surface area contributed by atoms with Crippen molar-refractivity contribution < 1.29 is 4.57 Å². The number of fused-ring (bicyclic) bond motifs is 2. The van der Waals surface area contributed by atoms with Crippen molar-refractivity contribution in [2.24, 2.45) is 0 Å². The molecule has 1 N–H and O–H groups in total. The number of nitrogens with one attached hydrogen (secondary N) is 1. The largest absolute Gasteiger partial charge is 0.354 e. The van der Waals surface area contributed by atoms with E-state index in [4.69, 9.17) is 0 Å². The van der Waals surface area contributed by atoms with E-state index in [1.54, 1.807) is 0 Å². The molecule has 0 aromatic heterocycles. The highest BCUT2D eigenvalue weighted by atomic mass is 31.2. The molecule has 19 heavy (non-hydrogen) atoms. The van der Waals surface area contributed by atoms with Crippen molar-refractivity contribution in [3.8, 4) is 0 Å². The van der Waals surface area contributed by atoms with Crippen LogP contribution in [0.4, 0.5) is 11.4 Å². The molecule has 2 aromatic rings. The second kappa shape index (κ2) is 3.98. The zero-order chi connectivity index (χ0) is 13.7. The molecule has 0 bridgehead atoms. The monoisotopic (exact) mass is 271 g/mol. The lowest BCUT2D eigenvalue weighted by molar-refractivity contribution is 0.564. The van der Waals surface area contributed by atoms with Gasteiger partial charge in [-0.1, -0.05) is 45.0 Å². The van der Waals surface area contributed by atoms with E-state index >= 15 is 0 Å². The van der Waals surface area contributed by atoms with E-state index in [9.17, 15) is 4.57 Å². The van der Waals surface area contributed by atoms with Crippen molar-refractivity contribution in [2.75, 3.05) is 5.32 Å². The van der Waals surface area contributed by atoms with Gasteiger partial charge in [0.05, 0.1) is 0 Å². The van der Waals surface area contributed by atoms with E-state index in [2.05, 4.69) is 26.1 Å². The molecule has 0 saturated carbocycles. The van der Waals surface area contributed by atoms with Crippen molar-refractivity contribution in [3.63, 3.8) is 0 Å². The summed E-state index contributed by atoms with van der Waals surface area (Å²) in [6.07, 6.45) is 0. The van der Waals surface area contributed by atoms with Gasteiger partial charge in [-0.15, -0.1) is 0 Å². The lowest BCUT2D eigenvalue weighted by Crippen LogP contribution is -2.35. The Hall–Kier alpha value is -1.53. The Morgan fingerprint density at radius 2 is 1.26 bits per heavy atom. The molecular formula is C16H18NOP. The molecule has 0 saturated heterocycles. The van der Waals surface area contributed by atoms with E-state index in [0.29, 0.717) is 0 Å². The Morgan fingerprint density at radius 3 is 1.68 bits per heavy atom. The molecule has 0 radical (unpaired) electrons. The van der Waals surface area contributed by atoms with Crippen molar-refractivity contribution in [1.29, 1.82) is 0 Å². The molecule has 3 rings (SSSR count). The van der Waals surface area contributed by atoms with Crippen LogP contribution in [-0.4, -0.2) is 5.16 Å². The molecule has 2 nitrogen and oxygen atoms in total. The van der Waals surface area contributed by atoms with Gasteiger partial charge in [0.25, 0.3) is 0 Å². The summed E-state index contributed by atoms with van der Waals surface area (Å²) in [7, 11) is -2.64. The normalized spacial score (nSPS) is 16.2. The lowest BCUT2D eigenvalue weighted by Gasteiger charge is -2.37. The van der Waals surface area contributed by atoms with Gasteiger partial charge < -0.3 is 9.88 Å². The fraction of sp³-hybridized carbons (Fsp3) is 0.250. The summed E-state index contributed by atoms with van der Waals surface area (Å²) in [4.78, 5) is 0. The quantitative estimate of drug-likeness (QED) is 0.737. The number of para-hydroxylation sites is 2. The van der Waals surface area contributed by atoms with E-state index in [1.165, 1.54) is 0 Å². The van der Waals surface area contributed by atoms with Crippen LogP contribution in [0.15, 0.2) is 48.5 Å². The molecule has 98 valence electrons. The van der Waals surface area contributed by atoms with Crippen LogP contribution in [0, 0.1) is 0 Å². The standard InChI is InChI=1S/C16H18NOP/c1-16(2,3)19(18)14-10-6-4-8-12(14)17-13-9-5-7-11-15(13)19/h4-11,17H,1-3H3. The SMILES string of the molecule is CC(C)(C)P1(=O)c2ccccc2Nc2ccccc21. The van der Waals surface area contributed by atoms with Crippen molar-refractivity contribution >= 4 is 29.1 Å². The third kappa shape index (κ3) is 1.67. The molecule has 0 fully saturated rings. The summed E-state index contributed by atoms with van der Waals surface area (Å²) >= 11 is 0. The maximum atomic E-state index is 13.9. The number of hydrogen-bond donors (Lipinski definition) is 1. The van der Waals surface area contributed by atoms with E-state index in [0.717, 1.165) is 22.0 Å². The fourth-order valence-corrected chi connectivity index (χ4v) is 5.94. The van der Waals surface area contributed by atoms with Crippen molar-refractivity contribution in [2.45, 2.75) is 25.9 Å². The molecular weight excluding hydrogens is 253 g/mol. The molecule has 2 aromatic carbocycles. The molecule has 0 unspecified atom stereocenters. The first-order valence-electron chi connectivity index (χ1n) is 6.51. The average Bonchev–Trinajstić information content (AvgIpc) is 2.38. The van der Waals surface area contributed by atoms with Gasteiger partial charge >= 0.3 is 0 Å². The smallest absolute Gasteiger partial charge is 0.152 e. The van der Waals surface area contributed by atoms with Crippen LogP contribution < -0.4 is 15.9 Å². The van der Waals surface area contributed by atoms with Gasteiger partial charge in [-0.3, -0.25) is 0 Å². The molecule has 1 aliphatic rings. The third-order valence-electron chi connectivity index (χ3n) is 3.70. The average molecular weight is 271 g/mol. The number of anilines is 2. The van der Waals surface area contributed by atoms with Crippen LogP contribution in [0.5, 0.6) is 0 Å². The van der Waals surface area contributed by atoms with Crippen LogP contribution in [0.25, 0.3) is 0 Å². The molecule has 0 amide bonds. The highest BCUT2D eigenvalue weighted by Crippen LogP contribution is 2.59. The van der Waals surface area contributed by atoms with Crippen LogP contribution in [-0.2, 0) is 4.57 Å². The summed E-state index contributed by atoms with van der Waals surface area (Å²) in [5.41, 5.74) is 1.94. The van der Waals surface area contributed by atoms with E-state index in [1.807, 2.05) is 48.5 Å². The summed E-state index contributed by atoms with van der Waals surface area (Å²) in [5.74, 6) is 0. The topological polar surface area (TPSA) is 29.1 Å². The summed E-state index contributed by atoms with van der Waals surface area (Å²) in [6, 6.07) is 15.9. The molecule has 3 heteroatoms. The lowest BCUT2D eigenvalue weighted by atomic mass is 10.2. The van der Waals surface area contributed by atoms with Crippen molar-refractivity contribution in [3.05, 3.63) is 48.5 Å². The van der Waals surface area contributed by atoms with Crippen LogP contribution in [0.3, 0.4) is 0 Å². The molecule has 0 spiro atoms. The summed E-state index contributed by atoms with van der Waals surface area (Å²) in [6.45, 7) is 6.19. The maximum absolute atomic E-state index is 13.9. The summed E-state index contributed by atoms with van der Waals surface area (Å²) in [5, 5.41) is 5.00. The Kier molecular flexibility index (Phi) is 2.62. The second-order valence-corrected chi connectivity index (χ2v) is 9.46. The summed E-state index contributed by atoms with van der Waals surface area (Å²) < 4.78 is 13.9. The Balaban J connectivity index is 2.39. The Morgan fingerprint density at radius 1 is 0.842 bits per heavy atom. The van der Waals surface area contributed by atoms with Crippen LogP contribution in [0.1, 0.15) is 20.8 Å². The maximum Gasteiger partial charge on any atom is 0.152 e. The predicted molar refractivity (Wildman–Crippen MR) is 82.8 cm³/mol. The van der Waals surface area contributed by atoms with E-state index < -0.39 is 7.14 Å². The first-order valence-corrected chi connectivity index (χ1v) is 8.21. The first kappa shape index (κ1) is 12.5. The van der Waals surface area contributed by atoms with E-state index in [-0.39, 0.29) is 5.16 Å². The molecule has 1 heterocycles. The van der Waals surface area contributed by atoms with Crippen LogP contribution >= 0.6 is 7.14 Å². The van der Waals surface area contributed by atoms with Crippen LogP contribution in [0.2, 0.25) is 0 Å². The highest BCUT2D eigenvalue weighted by Gasteiger charge is 2.44. The highest BCUT2D eigenvalue weighted by molar-refractivity contribution is 7.80. The molecule has 0 aliphatic carbocycles. The Bertz CT molecular complexity index is 636. The third-order valence-corrected chi connectivity index (χ3v) is 7.73. The minimum atomic E-state index is -2.64. The van der Waals surface area contributed by atoms with Gasteiger partial charge in [-0.2, -0.15) is 0 Å². The second-order valence-electron chi connectivity index (χ2n) is 5.94. The number of hydrogen-bond acceptors (Lipinski definition) is 2. The van der Waals surface area contributed by atoms with Gasteiger partial charge in [-0.25, -0.2) is 0 Å². The fourth-order valence-electron chi connectivity index (χ4n) is 2.71. The van der Waals surface area contributed by atoms with Crippen molar-refractivity contribution in [1.82, 2.24) is 0 Å². The van der Waals surface area contributed by atoms with Gasteiger partial charge in [0.1, 0.15) is 0 Å². The number of rotatable bonds is 0. The van der Waals surface area contributed by atoms with Gasteiger partial charge in [0.2, 0.25) is 0 Å². The van der Waals surface area contributed by atoms with Gasteiger partial charge in [-0.05, 0) is 24.3 Å². The zero-order valence-corrected chi connectivity index (χ0v) is 12.4. The zero-order valence-electron chi connectivity index (χ0n) is 11.5. The van der Waals surface area contributed by atoms with Gasteiger partial charge in [0, 0.05) is 27.1 Å². The molecule has 0 atom stereocenters. The Labute approximate surface area is 114 Å².